The van der Waals surface area contributed by atoms with Gasteiger partial charge in [0.25, 0.3) is 0 Å². The number of aliphatic hydroxyl groups is 1. The topological polar surface area (TPSA) is 38.7 Å². The first kappa shape index (κ1) is 13.0. The molecule has 1 aliphatic heterocycles. The van der Waals surface area contributed by atoms with Crippen molar-refractivity contribution in [2.75, 3.05) is 13.7 Å². The highest BCUT2D eigenvalue weighted by molar-refractivity contribution is 5.44. The molecule has 0 aliphatic carbocycles. The van der Waals surface area contributed by atoms with Crippen LogP contribution in [0.4, 0.5) is 0 Å². The van der Waals surface area contributed by atoms with Crippen molar-refractivity contribution in [3.63, 3.8) is 0 Å². The quantitative estimate of drug-likeness (QED) is 0.931. The molecule has 0 fully saturated rings. The molecular formula is C17H18O3. The minimum Gasteiger partial charge on any atom is -0.496 e. The third kappa shape index (κ3) is 2.37. The zero-order chi connectivity index (χ0) is 13.9. The Morgan fingerprint density at radius 2 is 2.05 bits per heavy atom. The van der Waals surface area contributed by atoms with Crippen molar-refractivity contribution < 1.29 is 14.6 Å². The summed E-state index contributed by atoms with van der Waals surface area (Å²) in [5, 5.41) is 10.6. The van der Waals surface area contributed by atoms with E-state index in [-0.39, 0.29) is 0 Å². The standard InChI is InChI=1S/C17H18O3/c1-19-16-7-3-2-6-14(16)17(18)13-8-9-15-12(11-13)5-4-10-20-15/h2-3,6-9,11,17-18H,4-5,10H2,1H3. The van der Waals surface area contributed by atoms with E-state index in [9.17, 15) is 5.11 Å². The lowest BCUT2D eigenvalue weighted by Gasteiger charge is -2.20. The van der Waals surface area contributed by atoms with Crippen LogP contribution in [0.1, 0.15) is 29.2 Å². The van der Waals surface area contributed by atoms with E-state index in [1.165, 1.54) is 5.56 Å². The van der Waals surface area contributed by atoms with E-state index >= 15 is 0 Å². The summed E-state index contributed by atoms with van der Waals surface area (Å²) in [6.07, 6.45) is 1.35. The van der Waals surface area contributed by atoms with E-state index < -0.39 is 6.10 Å². The highest BCUT2D eigenvalue weighted by Gasteiger charge is 2.18. The summed E-state index contributed by atoms with van der Waals surface area (Å²) >= 11 is 0. The molecule has 0 amide bonds. The monoisotopic (exact) mass is 270 g/mol. The lowest BCUT2D eigenvalue weighted by atomic mass is 9.96. The SMILES string of the molecule is COc1ccccc1C(O)c1ccc2c(c1)CCCO2. The van der Waals surface area contributed by atoms with Crippen LogP contribution in [0.2, 0.25) is 0 Å². The van der Waals surface area contributed by atoms with Crippen molar-refractivity contribution in [3.05, 3.63) is 59.2 Å². The van der Waals surface area contributed by atoms with Crippen LogP contribution in [0.5, 0.6) is 11.5 Å². The normalized spacial score (nSPS) is 15.1. The summed E-state index contributed by atoms with van der Waals surface area (Å²) in [7, 11) is 1.62. The van der Waals surface area contributed by atoms with Crippen molar-refractivity contribution >= 4 is 0 Å². The molecule has 3 nitrogen and oxygen atoms in total. The minimum atomic E-state index is -0.682. The van der Waals surface area contributed by atoms with Crippen LogP contribution in [0.25, 0.3) is 0 Å². The summed E-state index contributed by atoms with van der Waals surface area (Å²) in [6, 6.07) is 13.5. The molecule has 2 aromatic carbocycles. The summed E-state index contributed by atoms with van der Waals surface area (Å²) in [5.41, 5.74) is 2.83. The van der Waals surface area contributed by atoms with Gasteiger partial charge in [0, 0.05) is 5.56 Å². The van der Waals surface area contributed by atoms with Crippen LogP contribution >= 0.6 is 0 Å². The van der Waals surface area contributed by atoms with Crippen molar-refractivity contribution in [1.82, 2.24) is 0 Å². The van der Waals surface area contributed by atoms with Gasteiger partial charge in [0.05, 0.1) is 13.7 Å². The van der Waals surface area contributed by atoms with Gasteiger partial charge in [-0.2, -0.15) is 0 Å². The van der Waals surface area contributed by atoms with Crippen LogP contribution in [-0.4, -0.2) is 18.8 Å². The Labute approximate surface area is 118 Å². The third-order valence-corrected chi connectivity index (χ3v) is 3.68. The minimum absolute atomic E-state index is 0.682. The third-order valence-electron chi connectivity index (χ3n) is 3.68. The van der Waals surface area contributed by atoms with Crippen LogP contribution in [0, 0.1) is 0 Å². The lowest BCUT2D eigenvalue weighted by molar-refractivity contribution is 0.214. The molecule has 0 saturated heterocycles. The van der Waals surface area contributed by atoms with Gasteiger partial charge in [0.2, 0.25) is 0 Å². The fourth-order valence-electron chi connectivity index (χ4n) is 2.62. The van der Waals surface area contributed by atoms with Gasteiger partial charge in [-0.1, -0.05) is 24.3 Å². The van der Waals surface area contributed by atoms with Gasteiger partial charge in [0.1, 0.15) is 17.6 Å². The summed E-state index contributed by atoms with van der Waals surface area (Å²) in [6.45, 7) is 0.779. The zero-order valence-corrected chi connectivity index (χ0v) is 11.5. The van der Waals surface area contributed by atoms with E-state index in [1.54, 1.807) is 7.11 Å². The van der Waals surface area contributed by atoms with E-state index in [0.717, 1.165) is 36.3 Å². The Morgan fingerprint density at radius 1 is 1.20 bits per heavy atom. The van der Waals surface area contributed by atoms with Crippen LogP contribution in [0.3, 0.4) is 0 Å². The summed E-state index contributed by atoms with van der Waals surface area (Å²) in [4.78, 5) is 0. The smallest absolute Gasteiger partial charge is 0.125 e. The molecule has 20 heavy (non-hydrogen) atoms. The molecule has 0 radical (unpaired) electrons. The Morgan fingerprint density at radius 3 is 2.90 bits per heavy atom. The Hall–Kier alpha value is -2.00. The number of rotatable bonds is 3. The molecule has 1 aliphatic rings. The highest BCUT2D eigenvalue weighted by Crippen LogP contribution is 2.33. The van der Waals surface area contributed by atoms with Crippen molar-refractivity contribution in [2.45, 2.75) is 18.9 Å². The number of benzene rings is 2. The van der Waals surface area contributed by atoms with Gasteiger partial charge >= 0.3 is 0 Å². The first-order chi connectivity index (χ1) is 9.79. The number of ether oxygens (including phenoxy) is 2. The fourth-order valence-corrected chi connectivity index (χ4v) is 2.62. The van der Waals surface area contributed by atoms with E-state index in [2.05, 4.69) is 0 Å². The maximum absolute atomic E-state index is 10.6. The van der Waals surface area contributed by atoms with Gasteiger partial charge in [-0.05, 0) is 42.2 Å². The van der Waals surface area contributed by atoms with E-state index in [0.29, 0.717) is 5.75 Å². The molecule has 3 rings (SSSR count). The van der Waals surface area contributed by atoms with Crippen LogP contribution < -0.4 is 9.47 Å². The molecule has 3 heteroatoms. The van der Waals surface area contributed by atoms with Gasteiger partial charge in [-0.15, -0.1) is 0 Å². The van der Waals surface area contributed by atoms with Crippen molar-refractivity contribution in [3.8, 4) is 11.5 Å². The number of aryl methyl sites for hydroxylation is 1. The second-order valence-electron chi connectivity index (χ2n) is 4.96. The van der Waals surface area contributed by atoms with Crippen molar-refractivity contribution in [1.29, 1.82) is 0 Å². The first-order valence-corrected chi connectivity index (χ1v) is 6.86. The Bertz CT molecular complexity index is 607. The number of aliphatic hydroxyl groups excluding tert-OH is 1. The second-order valence-corrected chi connectivity index (χ2v) is 4.96. The molecule has 0 bridgehead atoms. The molecule has 1 atom stereocenters. The first-order valence-electron chi connectivity index (χ1n) is 6.86. The predicted octanol–water partition coefficient (Wildman–Crippen LogP) is 3.10. The van der Waals surface area contributed by atoms with Gasteiger partial charge < -0.3 is 14.6 Å². The molecule has 1 unspecified atom stereocenters. The fraction of sp³-hybridized carbons (Fsp3) is 0.294. The van der Waals surface area contributed by atoms with Crippen molar-refractivity contribution in [2.24, 2.45) is 0 Å². The van der Waals surface area contributed by atoms with Gasteiger partial charge in [-0.25, -0.2) is 0 Å². The van der Waals surface area contributed by atoms with Crippen LogP contribution in [-0.2, 0) is 6.42 Å². The maximum atomic E-state index is 10.6. The Balaban J connectivity index is 1.96. The van der Waals surface area contributed by atoms with Gasteiger partial charge in [0.15, 0.2) is 0 Å². The summed E-state index contributed by atoms with van der Waals surface area (Å²) in [5.74, 6) is 1.64. The molecule has 0 saturated carbocycles. The highest BCUT2D eigenvalue weighted by atomic mass is 16.5. The molecule has 2 aromatic rings. The molecule has 1 N–H and O–H groups in total. The van der Waals surface area contributed by atoms with E-state index in [1.807, 2.05) is 42.5 Å². The summed E-state index contributed by atoms with van der Waals surface area (Å²) < 4.78 is 10.9. The van der Waals surface area contributed by atoms with Gasteiger partial charge in [-0.3, -0.25) is 0 Å². The molecule has 104 valence electrons. The Kier molecular flexibility index (Phi) is 3.61. The molecule has 1 heterocycles. The number of hydrogen-bond donors (Lipinski definition) is 1. The number of hydrogen-bond acceptors (Lipinski definition) is 3. The predicted molar refractivity (Wildman–Crippen MR) is 77.3 cm³/mol. The lowest BCUT2D eigenvalue weighted by Crippen LogP contribution is -2.10. The molecule has 0 aromatic heterocycles. The average molecular weight is 270 g/mol. The zero-order valence-electron chi connectivity index (χ0n) is 11.5. The second kappa shape index (κ2) is 5.55. The largest absolute Gasteiger partial charge is 0.496 e. The number of methoxy groups -OCH3 is 1. The van der Waals surface area contributed by atoms with Crippen LogP contribution in [0.15, 0.2) is 42.5 Å². The maximum Gasteiger partial charge on any atom is 0.125 e. The molecular weight excluding hydrogens is 252 g/mol. The number of fused-ring (bicyclic) bond motifs is 1. The average Bonchev–Trinajstić information content (AvgIpc) is 2.53. The molecule has 0 spiro atoms. The number of para-hydroxylation sites is 1. The van der Waals surface area contributed by atoms with E-state index in [4.69, 9.17) is 9.47 Å².